The summed E-state index contributed by atoms with van der Waals surface area (Å²) in [5.41, 5.74) is 2.88. The van der Waals surface area contributed by atoms with E-state index < -0.39 is 0 Å². The molecule has 0 fully saturated rings. The van der Waals surface area contributed by atoms with Crippen molar-refractivity contribution in [2.24, 2.45) is 0 Å². The van der Waals surface area contributed by atoms with E-state index in [1.807, 2.05) is 36.4 Å². The van der Waals surface area contributed by atoms with Crippen molar-refractivity contribution in [1.29, 1.82) is 0 Å². The molecule has 3 heterocycles. The van der Waals surface area contributed by atoms with E-state index in [-0.39, 0.29) is 5.91 Å². The fourth-order valence-corrected chi connectivity index (χ4v) is 3.85. The molecule has 0 bridgehead atoms. The number of halogens is 1. The summed E-state index contributed by atoms with van der Waals surface area (Å²) in [6.07, 6.45) is 1.71. The third-order valence-corrected chi connectivity index (χ3v) is 5.42. The lowest BCUT2D eigenvalue weighted by molar-refractivity contribution is 0.0952. The predicted octanol–water partition coefficient (Wildman–Crippen LogP) is 5.25. The Bertz CT molecular complexity index is 1120. The van der Waals surface area contributed by atoms with Crippen molar-refractivity contribution in [3.8, 4) is 10.6 Å². The van der Waals surface area contributed by atoms with E-state index in [1.165, 1.54) is 4.88 Å². The second-order valence-corrected chi connectivity index (χ2v) is 7.85. The quantitative estimate of drug-likeness (QED) is 0.515. The molecule has 0 saturated carbocycles. The maximum absolute atomic E-state index is 12.9. The second kappa shape index (κ2) is 7.47. The largest absolute Gasteiger partial charge is 0.346 e. The SMILES string of the molecule is Cc1ccc(-c2cc(C(=O)NCc3ccccn3)c3cc(Cl)ccc3n2)s1. The Hall–Kier alpha value is -2.76. The number of aromatic nitrogens is 2. The fraction of sp³-hybridized carbons (Fsp3) is 0.0952. The Morgan fingerprint density at radius 3 is 2.78 bits per heavy atom. The van der Waals surface area contributed by atoms with Gasteiger partial charge in [0.1, 0.15) is 0 Å². The molecule has 4 nitrogen and oxygen atoms in total. The molecule has 1 aromatic carbocycles. The van der Waals surface area contributed by atoms with Gasteiger partial charge >= 0.3 is 0 Å². The molecule has 27 heavy (non-hydrogen) atoms. The lowest BCUT2D eigenvalue weighted by Gasteiger charge is -2.10. The standard InChI is InChI=1S/C21H16ClN3OS/c1-13-5-8-20(27-13)19-11-17(16-10-14(22)6-7-18(16)25-19)21(26)24-12-15-4-2-3-9-23-15/h2-11H,12H2,1H3,(H,24,26). The number of carbonyl (C=O) groups excluding carboxylic acids is 1. The summed E-state index contributed by atoms with van der Waals surface area (Å²) >= 11 is 7.81. The van der Waals surface area contributed by atoms with E-state index in [4.69, 9.17) is 16.6 Å². The third kappa shape index (κ3) is 3.84. The fourth-order valence-electron chi connectivity index (χ4n) is 2.85. The summed E-state index contributed by atoms with van der Waals surface area (Å²) < 4.78 is 0. The van der Waals surface area contributed by atoms with Gasteiger partial charge in [0.15, 0.2) is 0 Å². The number of amides is 1. The number of nitrogens with zero attached hydrogens (tertiary/aromatic N) is 2. The molecule has 0 aliphatic heterocycles. The monoisotopic (exact) mass is 393 g/mol. The molecule has 6 heteroatoms. The smallest absolute Gasteiger partial charge is 0.252 e. The number of hydrogen-bond donors (Lipinski definition) is 1. The summed E-state index contributed by atoms with van der Waals surface area (Å²) in [6, 6.07) is 16.9. The molecule has 3 aromatic heterocycles. The number of fused-ring (bicyclic) bond motifs is 1. The second-order valence-electron chi connectivity index (χ2n) is 6.13. The first-order chi connectivity index (χ1) is 13.1. The molecule has 0 spiro atoms. The van der Waals surface area contributed by atoms with Crippen LogP contribution in [0.2, 0.25) is 5.02 Å². The van der Waals surface area contributed by atoms with Crippen LogP contribution in [0.1, 0.15) is 20.9 Å². The molecule has 0 saturated heterocycles. The van der Waals surface area contributed by atoms with Crippen LogP contribution in [0.4, 0.5) is 0 Å². The van der Waals surface area contributed by atoms with Gasteiger partial charge in [0, 0.05) is 21.5 Å². The van der Waals surface area contributed by atoms with Crippen molar-refractivity contribution in [1.82, 2.24) is 15.3 Å². The number of thiophene rings is 1. The molecule has 1 amide bonds. The average molecular weight is 394 g/mol. The highest BCUT2D eigenvalue weighted by molar-refractivity contribution is 7.15. The van der Waals surface area contributed by atoms with Crippen LogP contribution in [-0.2, 0) is 6.54 Å². The average Bonchev–Trinajstić information content (AvgIpc) is 3.12. The molecular weight excluding hydrogens is 378 g/mol. The third-order valence-electron chi connectivity index (χ3n) is 4.16. The number of carbonyl (C=O) groups is 1. The van der Waals surface area contributed by atoms with Gasteiger partial charge < -0.3 is 5.32 Å². The Morgan fingerprint density at radius 2 is 2.04 bits per heavy atom. The Kier molecular flexibility index (Phi) is 4.88. The van der Waals surface area contributed by atoms with Crippen molar-refractivity contribution < 1.29 is 4.79 Å². The van der Waals surface area contributed by atoms with Crippen molar-refractivity contribution in [2.75, 3.05) is 0 Å². The minimum Gasteiger partial charge on any atom is -0.346 e. The molecule has 0 atom stereocenters. The predicted molar refractivity (Wildman–Crippen MR) is 110 cm³/mol. The highest BCUT2D eigenvalue weighted by Crippen LogP contribution is 2.31. The molecule has 0 radical (unpaired) electrons. The zero-order chi connectivity index (χ0) is 18.8. The van der Waals surface area contributed by atoms with Gasteiger partial charge in [0.25, 0.3) is 5.91 Å². The minimum atomic E-state index is -0.176. The van der Waals surface area contributed by atoms with Gasteiger partial charge in [-0.3, -0.25) is 9.78 Å². The van der Waals surface area contributed by atoms with E-state index in [0.29, 0.717) is 17.1 Å². The van der Waals surface area contributed by atoms with E-state index in [0.717, 1.165) is 27.2 Å². The molecule has 1 N–H and O–H groups in total. The number of aryl methyl sites for hydroxylation is 1. The highest BCUT2D eigenvalue weighted by Gasteiger charge is 2.15. The van der Waals surface area contributed by atoms with Crippen LogP contribution in [0.5, 0.6) is 0 Å². The van der Waals surface area contributed by atoms with Gasteiger partial charge in [-0.2, -0.15) is 0 Å². The van der Waals surface area contributed by atoms with Gasteiger partial charge in [-0.1, -0.05) is 17.7 Å². The van der Waals surface area contributed by atoms with Crippen molar-refractivity contribution in [2.45, 2.75) is 13.5 Å². The summed E-state index contributed by atoms with van der Waals surface area (Å²) in [5.74, 6) is -0.176. The maximum Gasteiger partial charge on any atom is 0.252 e. The van der Waals surface area contributed by atoms with E-state index in [1.54, 1.807) is 29.7 Å². The van der Waals surface area contributed by atoms with Crippen molar-refractivity contribution in [3.63, 3.8) is 0 Å². The Labute approximate surface area is 165 Å². The number of nitrogens with one attached hydrogen (secondary N) is 1. The molecule has 4 aromatic rings. The van der Waals surface area contributed by atoms with Crippen molar-refractivity contribution in [3.05, 3.63) is 82.0 Å². The van der Waals surface area contributed by atoms with Gasteiger partial charge in [-0.25, -0.2) is 4.98 Å². The minimum absolute atomic E-state index is 0.176. The highest BCUT2D eigenvalue weighted by atomic mass is 35.5. The summed E-state index contributed by atoms with van der Waals surface area (Å²) in [6.45, 7) is 2.41. The summed E-state index contributed by atoms with van der Waals surface area (Å²) in [5, 5.41) is 4.25. The summed E-state index contributed by atoms with van der Waals surface area (Å²) in [4.78, 5) is 24.1. The topological polar surface area (TPSA) is 54.9 Å². The molecule has 0 aliphatic carbocycles. The zero-order valence-electron chi connectivity index (χ0n) is 14.6. The van der Waals surface area contributed by atoms with Crippen LogP contribution in [-0.4, -0.2) is 15.9 Å². The van der Waals surface area contributed by atoms with Crippen LogP contribution in [0.25, 0.3) is 21.5 Å². The van der Waals surface area contributed by atoms with Gasteiger partial charge in [0.05, 0.1) is 33.9 Å². The summed E-state index contributed by atoms with van der Waals surface area (Å²) in [7, 11) is 0. The lowest BCUT2D eigenvalue weighted by atomic mass is 10.1. The number of hydrogen-bond acceptors (Lipinski definition) is 4. The van der Waals surface area contributed by atoms with Crippen LogP contribution in [0.15, 0.2) is 60.8 Å². The Balaban J connectivity index is 1.74. The number of benzene rings is 1. The van der Waals surface area contributed by atoms with Crippen LogP contribution < -0.4 is 5.32 Å². The zero-order valence-corrected chi connectivity index (χ0v) is 16.1. The van der Waals surface area contributed by atoms with E-state index in [9.17, 15) is 4.79 Å². The van der Waals surface area contributed by atoms with Crippen molar-refractivity contribution >= 4 is 39.7 Å². The van der Waals surface area contributed by atoms with Crippen LogP contribution in [0.3, 0.4) is 0 Å². The Morgan fingerprint density at radius 1 is 1.15 bits per heavy atom. The first kappa shape index (κ1) is 17.6. The lowest BCUT2D eigenvalue weighted by Crippen LogP contribution is -2.23. The maximum atomic E-state index is 12.9. The molecule has 0 unspecified atom stereocenters. The van der Waals surface area contributed by atoms with Crippen LogP contribution in [0, 0.1) is 6.92 Å². The molecule has 134 valence electrons. The van der Waals surface area contributed by atoms with Gasteiger partial charge in [-0.15, -0.1) is 11.3 Å². The van der Waals surface area contributed by atoms with E-state index in [2.05, 4.69) is 23.3 Å². The van der Waals surface area contributed by atoms with Gasteiger partial charge in [-0.05, 0) is 55.5 Å². The van der Waals surface area contributed by atoms with E-state index >= 15 is 0 Å². The normalized spacial score (nSPS) is 10.9. The molecular formula is C21H16ClN3OS. The number of pyridine rings is 2. The molecule has 4 rings (SSSR count). The van der Waals surface area contributed by atoms with Gasteiger partial charge in [0.2, 0.25) is 0 Å². The molecule has 0 aliphatic rings. The number of rotatable bonds is 4. The first-order valence-electron chi connectivity index (χ1n) is 8.45. The van der Waals surface area contributed by atoms with Crippen LogP contribution >= 0.6 is 22.9 Å². The first-order valence-corrected chi connectivity index (χ1v) is 9.65.